The van der Waals surface area contributed by atoms with Gasteiger partial charge in [0.2, 0.25) is 12.5 Å². The maximum atomic E-state index is 10.7. The minimum Gasteiger partial charge on any atom is -0.504 e. The second-order valence-electron chi connectivity index (χ2n) is 6.51. The van der Waals surface area contributed by atoms with Gasteiger partial charge in [-0.25, -0.2) is 0 Å². The summed E-state index contributed by atoms with van der Waals surface area (Å²) in [6.45, 7) is 1.06. The Labute approximate surface area is 145 Å². The molecule has 0 saturated heterocycles. The summed E-state index contributed by atoms with van der Waals surface area (Å²) in [4.78, 5) is 0. The largest absolute Gasteiger partial charge is 0.504 e. The predicted molar refractivity (Wildman–Crippen MR) is 90.9 cm³/mol. The third-order valence-electron chi connectivity index (χ3n) is 5.34. The van der Waals surface area contributed by atoms with E-state index >= 15 is 0 Å². The van der Waals surface area contributed by atoms with Crippen molar-refractivity contribution >= 4 is 0 Å². The van der Waals surface area contributed by atoms with E-state index in [9.17, 15) is 5.11 Å². The van der Waals surface area contributed by atoms with Crippen LogP contribution in [0.15, 0.2) is 12.1 Å². The Morgan fingerprint density at radius 1 is 1.12 bits per heavy atom. The maximum Gasteiger partial charge on any atom is 0.231 e. The van der Waals surface area contributed by atoms with Crippen LogP contribution < -0.4 is 24.3 Å². The summed E-state index contributed by atoms with van der Waals surface area (Å²) in [7, 11) is 3.16. The minimum absolute atomic E-state index is 0.136. The van der Waals surface area contributed by atoms with E-state index in [4.69, 9.17) is 18.9 Å². The second-order valence-corrected chi connectivity index (χ2v) is 6.51. The Balaban J connectivity index is 1.87. The fourth-order valence-electron chi connectivity index (χ4n) is 4.30. The van der Waals surface area contributed by atoms with Gasteiger partial charge in [0.1, 0.15) is 0 Å². The molecule has 0 aromatic heterocycles. The average molecular weight is 341 g/mol. The highest BCUT2D eigenvalue weighted by molar-refractivity contribution is 5.87. The van der Waals surface area contributed by atoms with E-state index in [2.05, 4.69) is 11.4 Å². The number of fused-ring (bicyclic) bond motifs is 3. The first-order valence-corrected chi connectivity index (χ1v) is 8.38. The number of phenolic OH excluding ortho intramolecular Hbond substituents is 1. The molecular weight excluding hydrogens is 322 g/mol. The van der Waals surface area contributed by atoms with Gasteiger partial charge in [-0.15, -0.1) is 0 Å². The Bertz CT molecular complexity index is 892. The third kappa shape index (κ3) is 1.88. The highest BCUT2D eigenvalue weighted by Crippen LogP contribution is 2.56. The molecule has 25 heavy (non-hydrogen) atoms. The molecule has 2 N–H and O–H groups in total. The van der Waals surface area contributed by atoms with Crippen LogP contribution in [-0.2, 0) is 12.8 Å². The van der Waals surface area contributed by atoms with Crippen LogP contribution in [0.2, 0.25) is 0 Å². The number of nitrogens with one attached hydrogen (secondary N) is 1. The van der Waals surface area contributed by atoms with Crippen LogP contribution in [0, 0.1) is 0 Å². The number of methoxy groups -OCH3 is 2. The average Bonchev–Trinajstić information content (AvgIpc) is 3.09. The van der Waals surface area contributed by atoms with Crippen LogP contribution in [0.1, 0.15) is 22.7 Å². The van der Waals surface area contributed by atoms with Crippen molar-refractivity contribution in [1.29, 1.82) is 0 Å². The SMILES string of the molecule is COc1c(O)c2c3c(c1OC)-c1cc4c(cc1CC3NCC2)OCO4. The zero-order chi connectivity index (χ0) is 17.1. The van der Waals surface area contributed by atoms with Gasteiger partial charge < -0.3 is 29.4 Å². The van der Waals surface area contributed by atoms with Crippen molar-refractivity contribution in [2.75, 3.05) is 27.6 Å². The monoisotopic (exact) mass is 341 g/mol. The molecule has 2 aliphatic heterocycles. The molecule has 0 saturated carbocycles. The summed E-state index contributed by atoms with van der Waals surface area (Å²) in [5.41, 5.74) is 5.25. The molecule has 1 atom stereocenters. The lowest BCUT2D eigenvalue weighted by Crippen LogP contribution is -2.34. The molecule has 130 valence electrons. The fraction of sp³-hybridized carbons (Fsp3) is 0.368. The van der Waals surface area contributed by atoms with Crippen LogP contribution >= 0.6 is 0 Å². The Morgan fingerprint density at radius 3 is 2.64 bits per heavy atom. The van der Waals surface area contributed by atoms with E-state index in [-0.39, 0.29) is 18.6 Å². The molecule has 6 heteroatoms. The van der Waals surface area contributed by atoms with Crippen LogP contribution in [-0.4, -0.2) is 32.7 Å². The van der Waals surface area contributed by atoms with Gasteiger partial charge in [-0.1, -0.05) is 0 Å². The van der Waals surface area contributed by atoms with E-state index in [1.807, 2.05) is 6.07 Å². The van der Waals surface area contributed by atoms with Crippen molar-refractivity contribution < 1.29 is 24.1 Å². The summed E-state index contributed by atoms with van der Waals surface area (Å²) in [5, 5.41) is 14.3. The van der Waals surface area contributed by atoms with Crippen LogP contribution in [0.4, 0.5) is 0 Å². The molecule has 0 amide bonds. The third-order valence-corrected chi connectivity index (χ3v) is 5.34. The van der Waals surface area contributed by atoms with Gasteiger partial charge in [-0.05, 0) is 48.2 Å². The topological polar surface area (TPSA) is 69.2 Å². The quantitative estimate of drug-likeness (QED) is 0.875. The summed E-state index contributed by atoms with van der Waals surface area (Å²) >= 11 is 0. The Morgan fingerprint density at radius 2 is 1.88 bits per heavy atom. The first-order chi connectivity index (χ1) is 12.2. The molecule has 0 radical (unpaired) electrons. The Hall–Kier alpha value is -2.60. The number of hydrogen-bond donors (Lipinski definition) is 2. The standard InChI is InChI=1S/C19H19NO5/c1-22-18-16-11-7-14-13(24-8-25-14)6-9(11)5-12-15(16)10(3-4-20-12)17(21)19(18)23-2/h6-7,12,20-21H,3-5,8H2,1-2H3. The first kappa shape index (κ1) is 14.7. The molecule has 1 aliphatic carbocycles. The summed E-state index contributed by atoms with van der Waals surface area (Å²) in [6.07, 6.45) is 1.59. The molecular formula is C19H19NO5. The molecule has 0 fully saturated rings. The minimum atomic E-state index is 0.136. The van der Waals surface area contributed by atoms with Crippen molar-refractivity contribution in [2.24, 2.45) is 0 Å². The predicted octanol–water partition coefficient (Wildman–Crippen LogP) is 2.55. The number of ether oxygens (including phenoxy) is 4. The number of rotatable bonds is 2. The summed E-state index contributed by atoms with van der Waals surface area (Å²) < 4.78 is 22.3. The number of aromatic hydroxyl groups is 1. The van der Waals surface area contributed by atoms with Gasteiger partial charge in [0.25, 0.3) is 0 Å². The molecule has 0 bridgehead atoms. The lowest BCUT2D eigenvalue weighted by molar-refractivity contribution is 0.174. The molecule has 2 aromatic carbocycles. The van der Waals surface area contributed by atoms with E-state index in [0.29, 0.717) is 11.5 Å². The molecule has 0 spiro atoms. The molecule has 1 unspecified atom stereocenters. The first-order valence-electron chi connectivity index (χ1n) is 8.38. The van der Waals surface area contributed by atoms with E-state index in [0.717, 1.165) is 53.1 Å². The van der Waals surface area contributed by atoms with Gasteiger partial charge >= 0.3 is 0 Å². The van der Waals surface area contributed by atoms with Gasteiger partial charge in [-0.2, -0.15) is 0 Å². The fourth-order valence-corrected chi connectivity index (χ4v) is 4.30. The van der Waals surface area contributed by atoms with Crippen molar-refractivity contribution in [1.82, 2.24) is 5.32 Å². The zero-order valence-electron chi connectivity index (χ0n) is 14.1. The van der Waals surface area contributed by atoms with Crippen molar-refractivity contribution in [3.8, 4) is 39.9 Å². The highest BCUT2D eigenvalue weighted by Gasteiger charge is 2.37. The second kappa shape index (κ2) is 5.20. The molecule has 2 aromatic rings. The number of hydrogen-bond acceptors (Lipinski definition) is 6. The molecule has 6 nitrogen and oxygen atoms in total. The summed E-state index contributed by atoms with van der Waals surface area (Å²) in [5.74, 6) is 2.66. The Kier molecular flexibility index (Phi) is 3.06. The van der Waals surface area contributed by atoms with Gasteiger partial charge in [0.15, 0.2) is 23.0 Å². The number of benzene rings is 2. The molecule has 5 rings (SSSR count). The summed E-state index contributed by atoms with van der Waals surface area (Å²) in [6, 6.07) is 4.20. The van der Waals surface area contributed by atoms with E-state index < -0.39 is 0 Å². The van der Waals surface area contributed by atoms with Crippen molar-refractivity contribution in [3.63, 3.8) is 0 Å². The normalized spacial score (nSPS) is 19.2. The van der Waals surface area contributed by atoms with Crippen molar-refractivity contribution in [3.05, 3.63) is 28.8 Å². The van der Waals surface area contributed by atoms with E-state index in [1.165, 1.54) is 5.56 Å². The van der Waals surface area contributed by atoms with Gasteiger partial charge in [0.05, 0.1) is 14.2 Å². The smallest absolute Gasteiger partial charge is 0.231 e. The van der Waals surface area contributed by atoms with E-state index in [1.54, 1.807) is 14.2 Å². The van der Waals surface area contributed by atoms with Gasteiger partial charge in [0, 0.05) is 17.2 Å². The van der Waals surface area contributed by atoms with Crippen LogP contribution in [0.25, 0.3) is 11.1 Å². The van der Waals surface area contributed by atoms with Crippen molar-refractivity contribution in [2.45, 2.75) is 18.9 Å². The van der Waals surface area contributed by atoms with Crippen LogP contribution in [0.3, 0.4) is 0 Å². The molecule has 2 heterocycles. The zero-order valence-corrected chi connectivity index (χ0v) is 14.1. The van der Waals surface area contributed by atoms with Crippen LogP contribution in [0.5, 0.6) is 28.7 Å². The molecule has 3 aliphatic rings. The lowest BCUT2D eigenvalue weighted by atomic mass is 9.76. The van der Waals surface area contributed by atoms with Gasteiger partial charge in [-0.3, -0.25) is 0 Å². The maximum absolute atomic E-state index is 10.7. The number of phenols is 1. The lowest BCUT2D eigenvalue weighted by Gasteiger charge is -2.36. The highest BCUT2D eigenvalue weighted by atomic mass is 16.7.